The van der Waals surface area contributed by atoms with Gasteiger partial charge in [-0.05, 0) is 21.6 Å². The van der Waals surface area contributed by atoms with Crippen LogP contribution < -0.4 is 5.32 Å². The summed E-state index contributed by atoms with van der Waals surface area (Å²) in [5.41, 5.74) is 2.27. The molecule has 0 aliphatic heterocycles. The van der Waals surface area contributed by atoms with Crippen molar-refractivity contribution in [3.8, 4) is 0 Å². The van der Waals surface area contributed by atoms with Gasteiger partial charge in [-0.25, -0.2) is 9.67 Å². The molecule has 0 saturated carbocycles. The predicted octanol–water partition coefficient (Wildman–Crippen LogP) is 1.25. The highest BCUT2D eigenvalue weighted by atomic mass is 32.2. The predicted molar refractivity (Wildman–Crippen MR) is 93.8 cm³/mol. The quantitative estimate of drug-likeness (QED) is 0.610. The number of thioether (sulfide) groups is 1. The lowest BCUT2D eigenvalue weighted by Gasteiger charge is -2.11. The fourth-order valence-electron chi connectivity index (χ4n) is 2.32. The summed E-state index contributed by atoms with van der Waals surface area (Å²) in [4.78, 5) is 16.1. The highest BCUT2D eigenvalue weighted by molar-refractivity contribution is 7.99. The van der Waals surface area contributed by atoms with Gasteiger partial charge in [0.25, 0.3) is 0 Å². The van der Waals surface area contributed by atoms with Crippen LogP contribution in [0.3, 0.4) is 0 Å². The second-order valence-corrected chi connectivity index (χ2v) is 6.53. The largest absolute Gasteiger partial charge is 0.352 e. The van der Waals surface area contributed by atoms with Crippen molar-refractivity contribution in [2.75, 3.05) is 5.75 Å². The SMILES string of the molecule is Cn1nnnc1SCCC(=O)NCc1ccccc1Cn1ccnc1. The molecule has 2 heterocycles. The zero-order valence-electron chi connectivity index (χ0n) is 13.9. The molecule has 0 aliphatic rings. The average molecular weight is 357 g/mol. The molecule has 8 nitrogen and oxygen atoms in total. The first kappa shape index (κ1) is 17.2. The number of rotatable bonds is 8. The molecule has 3 rings (SSSR count). The van der Waals surface area contributed by atoms with E-state index in [2.05, 4.69) is 31.9 Å². The van der Waals surface area contributed by atoms with E-state index < -0.39 is 0 Å². The average Bonchev–Trinajstić information content (AvgIpc) is 3.26. The summed E-state index contributed by atoms with van der Waals surface area (Å²) < 4.78 is 3.60. The van der Waals surface area contributed by atoms with E-state index in [0.29, 0.717) is 23.9 Å². The molecule has 25 heavy (non-hydrogen) atoms. The van der Waals surface area contributed by atoms with E-state index in [1.165, 1.54) is 17.3 Å². The van der Waals surface area contributed by atoms with E-state index in [1.54, 1.807) is 24.3 Å². The van der Waals surface area contributed by atoms with Crippen LogP contribution in [0.15, 0.2) is 48.1 Å². The monoisotopic (exact) mass is 357 g/mol. The minimum Gasteiger partial charge on any atom is -0.352 e. The van der Waals surface area contributed by atoms with Crippen LogP contribution in [-0.4, -0.2) is 41.4 Å². The molecular formula is C16H19N7OS. The van der Waals surface area contributed by atoms with Crippen molar-refractivity contribution in [1.29, 1.82) is 0 Å². The van der Waals surface area contributed by atoms with Gasteiger partial charge in [-0.15, -0.1) is 5.10 Å². The lowest BCUT2D eigenvalue weighted by atomic mass is 10.1. The van der Waals surface area contributed by atoms with Crippen LogP contribution in [-0.2, 0) is 24.9 Å². The van der Waals surface area contributed by atoms with Gasteiger partial charge >= 0.3 is 0 Å². The van der Waals surface area contributed by atoms with Crippen molar-refractivity contribution in [3.63, 3.8) is 0 Å². The number of carbonyl (C=O) groups excluding carboxylic acids is 1. The van der Waals surface area contributed by atoms with Gasteiger partial charge in [-0.2, -0.15) is 0 Å². The number of carbonyl (C=O) groups is 1. The third-order valence-corrected chi connectivity index (χ3v) is 4.66. The van der Waals surface area contributed by atoms with Crippen molar-refractivity contribution < 1.29 is 4.79 Å². The molecular weight excluding hydrogens is 338 g/mol. The molecule has 1 amide bonds. The van der Waals surface area contributed by atoms with E-state index in [9.17, 15) is 4.79 Å². The number of aromatic nitrogens is 6. The molecule has 0 bridgehead atoms. The highest BCUT2D eigenvalue weighted by Gasteiger charge is 2.08. The standard InChI is InChI=1S/C16H19N7OS/c1-22-16(19-20-21-22)25-9-6-15(24)18-10-13-4-2-3-5-14(13)11-23-8-7-17-12-23/h2-5,7-8,12H,6,9-11H2,1H3,(H,18,24). The van der Waals surface area contributed by atoms with Crippen LogP contribution >= 0.6 is 11.8 Å². The Bertz CT molecular complexity index is 816. The Morgan fingerprint density at radius 1 is 1.28 bits per heavy atom. The number of nitrogens with one attached hydrogen (secondary N) is 1. The summed E-state index contributed by atoms with van der Waals surface area (Å²) in [5, 5.41) is 14.9. The molecule has 1 aromatic carbocycles. The normalized spacial score (nSPS) is 10.8. The Hall–Kier alpha value is -2.68. The Morgan fingerprint density at radius 2 is 2.12 bits per heavy atom. The number of benzene rings is 1. The minimum atomic E-state index is 0.0139. The number of aryl methyl sites for hydroxylation is 1. The highest BCUT2D eigenvalue weighted by Crippen LogP contribution is 2.14. The lowest BCUT2D eigenvalue weighted by Crippen LogP contribution is -2.23. The molecule has 0 saturated heterocycles. The number of imidazole rings is 1. The molecule has 0 radical (unpaired) electrons. The first-order chi connectivity index (χ1) is 12.2. The summed E-state index contributed by atoms with van der Waals surface area (Å²) >= 11 is 1.47. The van der Waals surface area contributed by atoms with E-state index in [0.717, 1.165) is 12.1 Å². The zero-order valence-corrected chi connectivity index (χ0v) is 14.7. The maximum absolute atomic E-state index is 12.1. The fraction of sp³-hybridized carbons (Fsp3) is 0.312. The third kappa shape index (κ3) is 4.90. The van der Waals surface area contributed by atoms with Gasteiger partial charge in [-0.3, -0.25) is 4.79 Å². The first-order valence-corrected chi connectivity index (χ1v) is 8.85. The minimum absolute atomic E-state index is 0.0139. The second kappa shape index (κ2) is 8.43. The molecule has 0 fully saturated rings. The maximum atomic E-state index is 12.1. The summed E-state index contributed by atoms with van der Waals surface area (Å²) in [6.45, 7) is 1.25. The molecule has 0 spiro atoms. The first-order valence-electron chi connectivity index (χ1n) is 7.87. The van der Waals surface area contributed by atoms with Crippen molar-refractivity contribution in [3.05, 3.63) is 54.1 Å². The van der Waals surface area contributed by atoms with Crippen LogP contribution in [0.5, 0.6) is 0 Å². The summed E-state index contributed by atoms with van der Waals surface area (Å²) in [6.07, 6.45) is 5.89. The van der Waals surface area contributed by atoms with E-state index in [4.69, 9.17) is 0 Å². The van der Waals surface area contributed by atoms with Gasteiger partial charge in [-0.1, -0.05) is 36.0 Å². The number of hydrogen-bond acceptors (Lipinski definition) is 6. The smallest absolute Gasteiger partial charge is 0.221 e. The summed E-state index contributed by atoms with van der Waals surface area (Å²) in [7, 11) is 1.78. The van der Waals surface area contributed by atoms with Crippen molar-refractivity contribution in [1.82, 2.24) is 35.1 Å². The zero-order chi connectivity index (χ0) is 17.5. The van der Waals surface area contributed by atoms with Gasteiger partial charge in [0.2, 0.25) is 11.1 Å². The van der Waals surface area contributed by atoms with Crippen LogP contribution in [0.2, 0.25) is 0 Å². The van der Waals surface area contributed by atoms with Gasteiger partial charge < -0.3 is 9.88 Å². The molecule has 0 unspecified atom stereocenters. The second-order valence-electron chi connectivity index (χ2n) is 5.46. The number of nitrogens with zero attached hydrogens (tertiary/aromatic N) is 6. The molecule has 0 aliphatic carbocycles. The molecule has 0 atom stereocenters. The van der Waals surface area contributed by atoms with Gasteiger partial charge in [0.1, 0.15) is 0 Å². The fourth-order valence-corrected chi connectivity index (χ4v) is 3.11. The van der Waals surface area contributed by atoms with E-state index >= 15 is 0 Å². The van der Waals surface area contributed by atoms with E-state index in [1.807, 2.05) is 29.0 Å². The Balaban J connectivity index is 1.48. The summed E-state index contributed by atoms with van der Waals surface area (Å²) in [6, 6.07) is 8.09. The lowest BCUT2D eigenvalue weighted by molar-refractivity contribution is -0.120. The van der Waals surface area contributed by atoms with Gasteiger partial charge in [0, 0.05) is 44.7 Å². The van der Waals surface area contributed by atoms with Crippen molar-refractivity contribution >= 4 is 17.7 Å². The number of hydrogen-bond donors (Lipinski definition) is 1. The third-order valence-electron chi connectivity index (χ3n) is 3.65. The van der Waals surface area contributed by atoms with Crippen molar-refractivity contribution in [2.45, 2.75) is 24.7 Å². The van der Waals surface area contributed by atoms with Crippen LogP contribution in [0, 0.1) is 0 Å². The Labute approximate surface area is 149 Å². The van der Waals surface area contributed by atoms with Crippen LogP contribution in [0.4, 0.5) is 0 Å². The topological polar surface area (TPSA) is 90.5 Å². The van der Waals surface area contributed by atoms with Crippen LogP contribution in [0.25, 0.3) is 0 Å². The molecule has 3 aromatic rings. The summed E-state index contributed by atoms with van der Waals surface area (Å²) in [5.74, 6) is 0.650. The van der Waals surface area contributed by atoms with Gasteiger partial charge in [0.05, 0.1) is 6.33 Å². The van der Waals surface area contributed by atoms with Crippen molar-refractivity contribution in [2.24, 2.45) is 7.05 Å². The molecule has 9 heteroatoms. The number of amides is 1. The Kier molecular flexibility index (Phi) is 5.78. The maximum Gasteiger partial charge on any atom is 0.221 e. The number of tetrazole rings is 1. The molecule has 130 valence electrons. The van der Waals surface area contributed by atoms with E-state index in [-0.39, 0.29) is 5.91 Å². The van der Waals surface area contributed by atoms with Crippen LogP contribution in [0.1, 0.15) is 17.5 Å². The Morgan fingerprint density at radius 3 is 2.84 bits per heavy atom. The molecule has 2 aromatic heterocycles. The molecule has 1 N–H and O–H groups in total. The van der Waals surface area contributed by atoms with Gasteiger partial charge in [0.15, 0.2) is 0 Å².